The zero-order chi connectivity index (χ0) is 19.3. The summed E-state index contributed by atoms with van der Waals surface area (Å²) in [5.74, 6) is 0. The van der Waals surface area contributed by atoms with Crippen LogP contribution in [-0.4, -0.2) is 46.7 Å². The second-order valence-electron chi connectivity index (χ2n) is 6.36. The molecule has 0 radical (unpaired) electrons. The third kappa shape index (κ3) is 4.46. The van der Waals surface area contributed by atoms with Gasteiger partial charge in [0, 0.05) is 36.6 Å². The molecule has 3 rings (SSSR count). The summed E-state index contributed by atoms with van der Waals surface area (Å²) in [5, 5.41) is 14.6. The van der Waals surface area contributed by atoms with E-state index in [0.29, 0.717) is 24.9 Å². The van der Waals surface area contributed by atoms with Crippen LogP contribution in [0, 0.1) is 10.1 Å². The lowest BCUT2D eigenvalue weighted by Crippen LogP contribution is -2.40. The summed E-state index contributed by atoms with van der Waals surface area (Å²) in [6, 6.07) is 5.20. The molecular weight excluding hydrogens is 370 g/mol. The smallest absolute Gasteiger partial charge is 0.289 e. The second kappa shape index (κ2) is 8.51. The average Bonchev–Trinajstić information content (AvgIpc) is 2.96. The van der Waals surface area contributed by atoms with E-state index in [1.807, 2.05) is 0 Å². The lowest BCUT2D eigenvalue weighted by molar-refractivity contribution is -0.387. The van der Waals surface area contributed by atoms with E-state index in [9.17, 15) is 18.5 Å². The fraction of sp³-hybridized carbons (Fsp3) is 0.412. The molecule has 1 unspecified atom stereocenters. The second-order valence-corrected chi connectivity index (χ2v) is 8.22. The van der Waals surface area contributed by atoms with Gasteiger partial charge in [0.15, 0.2) is 4.90 Å². The Morgan fingerprint density at radius 2 is 1.93 bits per heavy atom. The van der Waals surface area contributed by atoms with Crippen LogP contribution in [-0.2, 0) is 16.6 Å². The maximum atomic E-state index is 13.4. The van der Waals surface area contributed by atoms with Crippen molar-refractivity contribution >= 4 is 15.7 Å². The zero-order valence-electron chi connectivity index (χ0n) is 14.7. The Balaban J connectivity index is 2.04. The molecule has 0 aliphatic carbocycles. The Bertz CT molecular complexity index is 883. The van der Waals surface area contributed by atoms with Crippen molar-refractivity contribution in [2.45, 2.75) is 36.7 Å². The molecule has 0 saturated carbocycles. The quantitative estimate of drug-likeness (QED) is 0.588. The van der Waals surface area contributed by atoms with Crippen molar-refractivity contribution in [2.24, 2.45) is 0 Å². The number of nitrogens with one attached hydrogen (secondary N) is 1. The van der Waals surface area contributed by atoms with E-state index < -0.39 is 20.6 Å². The van der Waals surface area contributed by atoms with Crippen molar-refractivity contribution in [1.29, 1.82) is 0 Å². The maximum absolute atomic E-state index is 13.4. The van der Waals surface area contributed by atoms with Gasteiger partial charge in [-0.1, -0.05) is 12.1 Å². The van der Waals surface area contributed by atoms with Gasteiger partial charge < -0.3 is 5.32 Å². The van der Waals surface area contributed by atoms with E-state index in [-0.39, 0.29) is 17.5 Å². The molecule has 1 aliphatic heterocycles. The first-order valence-electron chi connectivity index (χ1n) is 8.70. The SMILES string of the molecule is O=[N+]([O-])c1ccccc1S(=O)(=O)N(Cc1cncnc1)C1CCCNCC1. The average molecular weight is 391 g/mol. The van der Waals surface area contributed by atoms with Gasteiger partial charge in [0.05, 0.1) is 4.92 Å². The number of sulfonamides is 1. The zero-order valence-corrected chi connectivity index (χ0v) is 15.5. The van der Waals surface area contributed by atoms with Crippen LogP contribution in [0.25, 0.3) is 0 Å². The number of nitrogens with zero attached hydrogens (tertiary/aromatic N) is 4. The third-order valence-electron chi connectivity index (χ3n) is 4.55. The standard InChI is InChI=1S/C17H21N5O4S/c23-22(24)16-5-1-2-6-17(16)27(25,26)21(12-14-10-19-13-20-11-14)15-4-3-8-18-9-7-15/h1-2,5-6,10-11,13,15,18H,3-4,7-9,12H2. The molecule has 1 aromatic heterocycles. The molecule has 144 valence electrons. The molecule has 0 amide bonds. The summed E-state index contributed by atoms with van der Waals surface area (Å²) in [5.41, 5.74) is 0.218. The molecule has 0 bridgehead atoms. The van der Waals surface area contributed by atoms with Gasteiger partial charge in [-0.2, -0.15) is 4.31 Å². The van der Waals surface area contributed by atoms with E-state index in [0.717, 1.165) is 13.0 Å². The van der Waals surface area contributed by atoms with Crippen molar-refractivity contribution in [2.75, 3.05) is 13.1 Å². The molecular formula is C17H21N5O4S. The van der Waals surface area contributed by atoms with Crippen molar-refractivity contribution in [3.8, 4) is 0 Å². The monoisotopic (exact) mass is 391 g/mol. The highest BCUT2D eigenvalue weighted by Crippen LogP contribution is 2.30. The molecule has 9 nitrogen and oxygen atoms in total. The number of nitro benzene ring substituents is 1. The van der Waals surface area contributed by atoms with Crippen LogP contribution in [0.5, 0.6) is 0 Å². The van der Waals surface area contributed by atoms with Crippen molar-refractivity contribution in [3.63, 3.8) is 0 Å². The number of hydrogen-bond donors (Lipinski definition) is 1. The predicted octanol–water partition coefficient (Wildman–Crippen LogP) is 1.72. The molecule has 1 saturated heterocycles. The summed E-state index contributed by atoms with van der Waals surface area (Å²) < 4.78 is 28.2. The van der Waals surface area contributed by atoms with Crippen LogP contribution in [0.4, 0.5) is 5.69 Å². The Labute approximate surface area is 157 Å². The van der Waals surface area contributed by atoms with Crippen LogP contribution in [0.3, 0.4) is 0 Å². The molecule has 2 heterocycles. The van der Waals surface area contributed by atoms with Gasteiger partial charge >= 0.3 is 0 Å². The van der Waals surface area contributed by atoms with Crippen molar-refractivity contribution < 1.29 is 13.3 Å². The summed E-state index contributed by atoms with van der Waals surface area (Å²) in [6.07, 6.45) is 6.64. The molecule has 0 spiro atoms. The molecule has 1 N–H and O–H groups in total. The van der Waals surface area contributed by atoms with Crippen LogP contribution >= 0.6 is 0 Å². The molecule has 1 aliphatic rings. The first-order valence-corrected chi connectivity index (χ1v) is 10.1. The summed E-state index contributed by atoms with van der Waals surface area (Å²) in [7, 11) is -4.08. The van der Waals surface area contributed by atoms with Gasteiger partial charge in [0.2, 0.25) is 10.0 Å². The van der Waals surface area contributed by atoms with E-state index in [4.69, 9.17) is 0 Å². The van der Waals surface area contributed by atoms with Gasteiger partial charge in [-0.3, -0.25) is 10.1 Å². The van der Waals surface area contributed by atoms with E-state index in [1.54, 1.807) is 12.4 Å². The first kappa shape index (κ1) is 19.3. The van der Waals surface area contributed by atoms with Crippen LogP contribution in [0.1, 0.15) is 24.8 Å². The van der Waals surface area contributed by atoms with E-state index >= 15 is 0 Å². The van der Waals surface area contributed by atoms with Crippen molar-refractivity contribution in [1.82, 2.24) is 19.6 Å². The number of para-hydroxylation sites is 1. The number of hydrogen-bond acceptors (Lipinski definition) is 7. The minimum atomic E-state index is -4.08. The van der Waals surface area contributed by atoms with Crippen LogP contribution < -0.4 is 5.32 Å². The van der Waals surface area contributed by atoms with E-state index in [1.165, 1.54) is 34.9 Å². The lowest BCUT2D eigenvalue weighted by atomic mass is 10.1. The highest BCUT2D eigenvalue weighted by atomic mass is 32.2. The Kier molecular flexibility index (Phi) is 6.09. The van der Waals surface area contributed by atoms with Gasteiger partial charge in [-0.25, -0.2) is 18.4 Å². The lowest BCUT2D eigenvalue weighted by Gasteiger charge is -2.30. The number of rotatable bonds is 6. The Hall–Kier alpha value is -2.43. The summed E-state index contributed by atoms with van der Waals surface area (Å²) in [4.78, 5) is 18.3. The van der Waals surface area contributed by atoms with Gasteiger partial charge in [-0.15, -0.1) is 0 Å². The summed E-state index contributed by atoms with van der Waals surface area (Å²) >= 11 is 0. The third-order valence-corrected chi connectivity index (χ3v) is 6.50. The largest absolute Gasteiger partial charge is 0.317 e. The highest BCUT2D eigenvalue weighted by Gasteiger charge is 2.36. The molecule has 1 aromatic carbocycles. The minimum absolute atomic E-state index is 0.0693. The number of aromatic nitrogens is 2. The van der Waals surface area contributed by atoms with Gasteiger partial charge in [0.25, 0.3) is 5.69 Å². The van der Waals surface area contributed by atoms with Crippen LogP contribution in [0.15, 0.2) is 47.9 Å². The molecule has 1 fully saturated rings. The number of nitro groups is 1. The Morgan fingerprint density at radius 1 is 1.19 bits per heavy atom. The normalized spacial score (nSPS) is 18.2. The molecule has 2 aromatic rings. The maximum Gasteiger partial charge on any atom is 0.289 e. The Morgan fingerprint density at radius 3 is 2.67 bits per heavy atom. The fourth-order valence-electron chi connectivity index (χ4n) is 3.24. The highest BCUT2D eigenvalue weighted by molar-refractivity contribution is 7.89. The van der Waals surface area contributed by atoms with Crippen molar-refractivity contribution in [3.05, 3.63) is 58.7 Å². The number of benzene rings is 1. The van der Waals surface area contributed by atoms with Gasteiger partial charge in [0.1, 0.15) is 6.33 Å². The van der Waals surface area contributed by atoms with Gasteiger partial charge in [-0.05, 0) is 38.4 Å². The van der Waals surface area contributed by atoms with Crippen LogP contribution in [0.2, 0.25) is 0 Å². The first-order chi connectivity index (χ1) is 13.0. The molecule has 10 heteroatoms. The predicted molar refractivity (Wildman–Crippen MR) is 98.4 cm³/mol. The summed E-state index contributed by atoms with van der Waals surface area (Å²) in [6.45, 7) is 1.59. The molecule has 27 heavy (non-hydrogen) atoms. The minimum Gasteiger partial charge on any atom is -0.317 e. The molecule has 1 atom stereocenters. The topological polar surface area (TPSA) is 118 Å². The van der Waals surface area contributed by atoms with E-state index in [2.05, 4.69) is 15.3 Å². The fourth-order valence-corrected chi connectivity index (χ4v) is 5.08.